The molecule has 0 spiro atoms. The molecule has 1 aromatic rings. The van der Waals surface area contributed by atoms with Gasteiger partial charge in [0.2, 0.25) is 11.8 Å². The fourth-order valence-corrected chi connectivity index (χ4v) is 2.56. The van der Waals surface area contributed by atoms with E-state index in [1.54, 1.807) is 31.4 Å². The molecule has 0 aliphatic carbocycles. The van der Waals surface area contributed by atoms with E-state index in [2.05, 4.69) is 38.3 Å². The minimum absolute atomic E-state index is 0.0207. The van der Waals surface area contributed by atoms with Crippen LogP contribution in [0.3, 0.4) is 0 Å². The van der Waals surface area contributed by atoms with Crippen LogP contribution in [0.4, 0.5) is 5.69 Å². The highest BCUT2D eigenvalue weighted by atomic mass is 16.5. The van der Waals surface area contributed by atoms with E-state index in [4.69, 9.17) is 4.74 Å². The molecule has 1 aromatic carbocycles. The largest absolute Gasteiger partial charge is 0.497 e. The van der Waals surface area contributed by atoms with Crippen molar-refractivity contribution in [2.45, 2.75) is 40.5 Å². The summed E-state index contributed by atoms with van der Waals surface area (Å²) in [6.07, 6.45) is 1.41. The summed E-state index contributed by atoms with van der Waals surface area (Å²) in [7, 11) is 1.59. The van der Waals surface area contributed by atoms with Gasteiger partial charge in [0, 0.05) is 12.1 Å². The maximum Gasteiger partial charge on any atom is 0.243 e. The Balaban J connectivity index is 2.33. The van der Waals surface area contributed by atoms with Crippen molar-refractivity contribution in [1.29, 1.82) is 0 Å². The standard InChI is InChI=1S/C18H28N2O3/c1-13(11-18(2,3)4)10-16(21)19-12-17(22)20-14-6-8-15(23-5)9-7-14/h6-9,13H,10-12H2,1-5H3,(H,19,21)(H,20,22). The summed E-state index contributed by atoms with van der Waals surface area (Å²) in [4.78, 5) is 23.7. The average molecular weight is 320 g/mol. The summed E-state index contributed by atoms with van der Waals surface area (Å²) in [6.45, 7) is 8.51. The maximum atomic E-state index is 11.9. The molecular formula is C18H28N2O3. The number of ether oxygens (including phenoxy) is 1. The molecule has 5 nitrogen and oxygen atoms in total. The predicted molar refractivity (Wildman–Crippen MR) is 92.5 cm³/mol. The first-order valence-electron chi connectivity index (χ1n) is 7.90. The van der Waals surface area contributed by atoms with Gasteiger partial charge in [-0.15, -0.1) is 0 Å². The van der Waals surface area contributed by atoms with Gasteiger partial charge < -0.3 is 15.4 Å². The summed E-state index contributed by atoms with van der Waals surface area (Å²) < 4.78 is 5.05. The van der Waals surface area contributed by atoms with E-state index < -0.39 is 0 Å². The topological polar surface area (TPSA) is 67.4 Å². The van der Waals surface area contributed by atoms with Crippen molar-refractivity contribution in [1.82, 2.24) is 5.32 Å². The second-order valence-electron chi connectivity index (χ2n) is 7.13. The SMILES string of the molecule is COc1ccc(NC(=O)CNC(=O)CC(C)CC(C)(C)C)cc1. The molecule has 1 rings (SSSR count). The predicted octanol–water partition coefficient (Wildman–Crippen LogP) is 3.21. The van der Waals surface area contributed by atoms with E-state index in [9.17, 15) is 9.59 Å². The van der Waals surface area contributed by atoms with Crippen LogP contribution in [0.25, 0.3) is 0 Å². The number of hydrogen-bond donors (Lipinski definition) is 2. The lowest BCUT2D eigenvalue weighted by molar-refractivity contribution is -0.124. The number of rotatable bonds is 7. The number of carbonyl (C=O) groups excluding carboxylic acids is 2. The lowest BCUT2D eigenvalue weighted by atomic mass is 9.84. The quantitative estimate of drug-likeness (QED) is 0.810. The van der Waals surface area contributed by atoms with E-state index in [1.807, 2.05) is 0 Å². The molecule has 0 saturated carbocycles. The first-order chi connectivity index (χ1) is 10.7. The van der Waals surface area contributed by atoms with Crippen molar-refractivity contribution in [2.24, 2.45) is 11.3 Å². The van der Waals surface area contributed by atoms with Gasteiger partial charge in [0.25, 0.3) is 0 Å². The Morgan fingerprint density at radius 2 is 1.74 bits per heavy atom. The summed E-state index contributed by atoms with van der Waals surface area (Å²) in [5.41, 5.74) is 0.872. The van der Waals surface area contributed by atoms with Crippen molar-refractivity contribution >= 4 is 17.5 Å². The van der Waals surface area contributed by atoms with E-state index in [0.29, 0.717) is 18.0 Å². The van der Waals surface area contributed by atoms with Gasteiger partial charge in [-0.3, -0.25) is 9.59 Å². The van der Waals surface area contributed by atoms with Gasteiger partial charge in [0.1, 0.15) is 5.75 Å². The third kappa shape index (κ3) is 8.24. The van der Waals surface area contributed by atoms with Crippen LogP contribution in [-0.4, -0.2) is 25.5 Å². The van der Waals surface area contributed by atoms with Crippen molar-refractivity contribution in [3.8, 4) is 5.75 Å². The van der Waals surface area contributed by atoms with Crippen LogP contribution in [0.5, 0.6) is 5.75 Å². The molecule has 0 aromatic heterocycles. The van der Waals surface area contributed by atoms with E-state index >= 15 is 0 Å². The van der Waals surface area contributed by atoms with E-state index in [0.717, 1.165) is 12.2 Å². The van der Waals surface area contributed by atoms with Crippen LogP contribution in [0.2, 0.25) is 0 Å². The Morgan fingerprint density at radius 1 is 1.13 bits per heavy atom. The van der Waals surface area contributed by atoms with Crippen molar-refractivity contribution < 1.29 is 14.3 Å². The number of carbonyl (C=O) groups is 2. The fourth-order valence-electron chi connectivity index (χ4n) is 2.56. The zero-order valence-corrected chi connectivity index (χ0v) is 14.7. The monoisotopic (exact) mass is 320 g/mol. The minimum atomic E-state index is -0.244. The first kappa shape index (κ1) is 19.0. The zero-order valence-electron chi connectivity index (χ0n) is 14.7. The van der Waals surface area contributed by atoms with Gasteiger partial charge in [-0.1, -0.05) is 27.7 Å². The first-order valence-corrected chi connectivity index (χ1v) is 7.90. The van der Waals surface area contributed by atoms with Crippen LogP contribution in [0.1, 0.15) is 40.5 Å². The highest BCUT2D eigenvalue weighted by Crippen LogP contribution is 2.25. The Bertz CT molecular complexity index is 518. The molecule has 5 heteroatoms. The molecule has 0 heterocycles. The molecule has 0 aliphatic rings. The molecule has 0 aliphatic heterocycles. The van der Waals surface area contributed by atoms with Gasteiger partial charge >= 0.3 is 0 Å². The number of hydrogen-bond acceptors (Lipinski definition) is 3. The average Bonchev–Trinajstić information content (AvgIpc) is 2.44. The summed E-state index contributed by atoms with van der Waals surface area (Å²) in [5.74, 6) is 0.683. The minimum Gasteiger partial charge on any atom is -0.497 e. The van der Waals surface area contributed by atoms with Gasteiger partial charge in [-0.25, -0.2) is 0 Å². The van der Waals surface area contributed by atoms with Crippen LogP contribution in [0.15, 0.2) is 24.3 Å². The Labute approximate surface area is 138 Å². The molecule has 128 valence electrons. The van der Waals surface area contributed by atoms with Crippen molar-refractivity contribution in [2.75, 3.05) is 19.0 Å². The number of nitrogens with one attached hydrogen (secondary N) is 2. The smallest absolute Gasteiger partial charge is 0.243 e. The summed E-state index contributed by atoms with van der Waals surface area (Å²) in [6, 6.07) is 7.04. The number of amides is 2. The Kier molecular flexibility index (Phi) is 7.07. The summed E-state index contributed by atoms with van der Waals surface area (Å²) in [5, 5.41) is 5.40. The van der Waals surface area contributed by atoms with Gasteiger partial charge in [-0.05, 0) is 42.0 Å². The normalized spacial score (nSPS) is 12.4. The molecule has 2 N–H and O–H groups in total. The lowest BCUT2D eigenvalue weighted by Crippen LogP contribution is -2.33. The lowest BCUT2D eigenvalue weighted by Gasteiger charge is -2.22. The Morgan fingerprint density at radius 3 is 2.26 bits per heavy atom. The highest BCUT2D eigenvalue weighted by Gasteiger charge is 2.18. The fraction of sp³-hybridized carbons (Fsp3) is 0.556. The molecule has 2 amide bonds. The molecule has 1 unspecified atom stereocenters. The third-order valence-corrected chi connectivity index (χ3v) is 3.31. The molecular weight excluding hydrogens is 292 g/mol. The molecule has 1 atom stereocenters. The van der Waals surface area contributed by atoms with Gasteiger partial charge in [0.15, 0.2) is 0 Å². The Hall–Kier alpha value is -2.04. The molecule has 0 radical (unpaired) electrons. The zero-order chi connectivity index (χ0) is 17.5. The molecule has 0 saturated heterocycles. The van der Waals surface area contributed by atoms with Crippen molar-refractivity contribution in [3.63, 3.8) is 0 Å². The molecule has 23 heavy (non-hydrogen) atoms. The third-order valence-electron chi connectivity index (χ3n) is 3.31. The van der Waals surface area contributed by atoms with Crippen LogP contribution < -0.4 is 15.4 Å². The molecule has 0 fully saturated rings. The number of methoxy groups -OCH3 is 1. The highest BCUT2D eigenvalue weighted by molar-refractivity contribution is 5.94. The van der Waals surface area contributed by atoms with E-state index in [-0.39, 0.29) is 23.8 Å². The number of benzene rings is 1. The van der Waals surface area contributed by atoms with E-state index in [1.165, 1.54) is 0 Å². The molecule has 0 bridgehead atoms. The summed E-state index contributed by atoms with van der Waals surface area (Å²) >= 11 is 0. The number of anilines is 1. The van der Waals surface area contributed by atoms with Crippen LogP contribution in [-0.2, 0) is 9.59 Å². The second kappa shape index (κ2) is 8.56. The van der Waals surface area contributed by atoms with Crippen LogP contribution >= 0.6 is 0 Å². The van der Waals surface area contributed by atoms with Crippen molar-refractivity contribution in [3.05, 3.63) is 24.3 Å². The van der Waals surface area contributed by atoms with Gasteiger partial charge in [-0.2, -0.15) is 0 Å². The van der Waals surface area contributed by atoms with Gasteiger partial charge in [0.05, 0.1) is 13.7 Å². The second-order valence-corrected chi connectivity index (χ2v) is 7.13. The maximum absolute atomic E-state index is 11.9. The van der Waals surface area contributed by atoms with Crippen LogP contribution in [0, 0.1) is 11.3 Å².